The minimum Gasteiger partial charge on any atom is -0.394 e. The molecule has 0 amide bonds. The van der Waals surface area contributed by atoms with E-state index in [1.165, 1.54) is 32.1 Å². The topological polar surface area (TPSA) is 41.5 Å². The zero-order valence-corrected chi connectivity index (χ0v) is 13.1. The first kappa shape index (κ1) is 16.9. The fourth-order valence-corrected chi connectivity index (χ4v) is 3.11. The fourth-order valence-electron chi connectivity index (χ4n) is 3.11. The Morgan fingerprint density at radius 3 is 2.63 bits per heavy atom. The van der Waals surface area contributed by atoms with Crippen molar-refractivity contribution >= 4 is 0 Å². The van der Waals surface area contributed by atoms with E-state index in [2.05, 4.69) is 26.1 Å². The van der Waals surface area contributed by atoms with Crippen molar-refractivity contribution in [1.29, 1.82) is 0 Å². The van der Waals surface area contributed by atoms with Gasteiger partial charge in [0.15, 0.2) is 0 Å². The van der Waals surface area contributed by atoms with Crippen molar-refractivity contribution in [1.82, 2.24) is 5.32 Å². The molecule has 2 atom stereocenters. The van der Waals surface area contributed by atoms with Gasteiger partial charge < -0.3 is 15.2 Å². The van der Waals surface area contributed by atoms with Crippen LogP contribution in [0.4, 0.5) is 0 Å². The summed E-state index contributed by atoms with van der Waals surface area (Å²) in [5.74, 6) is 0. The number of hydrogen-bond acceptors (Lipinski definition) is 3. The molecular weight excluding hydrogens is 238 g/mol. The highest BCUT2D eigenvalue weighted by Crippen LogP contribution is 2.32. The van der Waals surface area contributed by atoms with Crippen LogP contribution in [0.1, 0.15) is 72.1 Å². The van der Waals surface area contributed by atoms with Crippen LogP contribution in [-0.2, 0) is 4.74 Å². The number of aliphatic hydroxyl groups is 1. The number of rotatable bonds is 10. The van der Waals surface area contributed by atoms with E-state index in [1.54, 1.807) is 0 Å². The Hall–Kier alpha value is -0.120. The van der Waals surface area contributed by atoms with Crippen LogP contribution < -0.4 is 5.32 Å². The second-order valence-electron chi connectivity index (χ2n) is 6.39. The first-order chi connectivity index (χ1) is 9.12. The van der Waals surface area contributed by atoms with Gasteiger partial charge >= 0.3 is 0 Å². The van der Waals surface area contributed by atoms with Gasteiger partial charge in [0.25, 0.3) is 0 Å². The minimum absolute atomic E-state index is 0.0962. The highest BCUT2D eigenvalue weighted by atomic mass is 16.5. The molecule has 0 aromatic carbocycles. The van der Waals surface area contributed by atoms with Gasteiger partial charge in [-0.15, -0.1) is 0 Å². The largest absolute Gasteiger partial charge is 0.394 e. The molecule has 1 aliphatic carbocycles. The molecule has 3 nitrogen and oxygen atoms in total. The minimum atomic E-state index is -0.0962. The average molecular weight is 271 g/mol. The zero-order chi connectivity index (χ0) is 14.1. The van der Waals surface area contributed by atoms with Crippen LogP contribution in [0.15, 0.2) is 0 Å². The molecule has 1 saturated carbocycles. The smallest absolute Gasteiger partial charge is 0.0614 e. The number of nitrogens with one attached hydrogen (secondary N) is 1. The maximum absolute atomic E-state index is 9.63. The van der Waals surface area contributed by atoms with E-state index in [-0.39, 0.29) is 12.1 Å². The van der Waals surface area contributed by atoms with Crippen molar-refractivity contribution in [3.63, 3.8) is 0 Å². The van der Waals surface area contributed by atoms with Crippen LogP contribution in [0.25, 0.3) is 0 Å². The lowest BCUT2D eigenvalue weighted by atomic mass is 9.97. The van der Waals surface area contributed by atoms with Crippen LogP contribution in [0.3, 0.4) is 0 Å². The molecule has 0 aliphatic heterocycles. The van der Waals surface area contributed by atoms with Crippen LogP contribution in [0, 0.1) is 0 Å². The van der Waals surface area contributed by atoms with Gasteiger partial charge in [0.2, 0.25) is 0 Å². The van der Waals surface area contributed by atoms with Gasteiger partial charge in [-0.05, 0) is 25.7 Å². The molecule has 1 rings (SSSR count). The summed E-state index contributed by atoms with van der Waals surface area (Å²) >= 11 is 0. The van der Waals surface area contributed by atoms with Crippen molar-refractivity contribution in [3.05, 3.63) is 0 Å². The Morgan fingerprint density at radius 1 is 1.26 bits per heavy atom. The van der Waals surface area contributed by atoms with Crippen LogP contribution in [0.2, 0.25) is 0 Å². The molecule has 1 fully saturated rings. The lowest BCUT2D eigenvalue weighted by Gasteiger charge is -2.31. The Labute approximate surface area is 119 Å². The SMILES string of the molecule is CCCCCCCOC1CCC(CO)(NC(C)C)C1. The van der Waals surface area contributed by atoms with E-state index in [0.717, 1.165) is 25.9 Å². The molecule has 114 valence electrons. The average Bonchev–Trinajstić information content (AvgIpc) is 2.77. The summed E-state index contributed by atoms with van der Waals surface area (Å²) < 4.78 is 5.97. The lowest BCUT2D eigenvalue weighted by Crippen LogP contribution is -2.50. The third kappa shape index (κ3) is 6.24. The molecule has 0 aromatic heterocycles. The predicted octanol–water partition coefficient (Wildman–Crippen LogP) is 3.26. The number of unbranched alkanes of at least 4 members (excludes halogenated alkanes) is 4. The van der Waals surface area contributed by atoms with E-state index in [1.807, 2.05) is 0 Å². The Morgan fingerprint density at radius 2 is 2.00 bits per heavy atom. The first-order valence-corrected chi connectivity index (χ1v) is 8.12. The number of hydrogen-bond donors (Lipinski definition) is 2. The van der Waals surface area contributed by atoms with Gasteiger partial charge in [0.05, 0.1) is 12.7 Å². The summed E-state index contributed by atoms with van der Waals surface area (Å²) in [5, 5.41) is 13.2. The monoisotopic (exact) mass is 271 g/mol. The molecule has 1 aliphatic rings. The number of ether oxygens (including phenoxy) is 1. The number of aliphatic hydroxyl groups excluding tert-OH is 1. The highest BCUT2D eigenvalue weighted by molar-refractivity contribution is 4.97. The van der Waals surface area contributed by atoms with Gasteiger partial charge in [-0.1, -0.05) is 46.5 Å². The van der Waals surface area contributed by atoms with Crippen molar-refractivity contribution in [2.24, 2.45) is 0 Å². The van der Waals surface area contributed by atoms with Crippen molar-refractivity contribution in [2.45, 2.75) is 89.8 Å². The summed E-state index contributed by atoms with van der Waals surface area (Å²) in [6.07, 6.45) is 9.84. The summed E-state index contributed by atoms with van der Waals surface area (Å²) in [5.41, 5.74) is -0.0962. The Kier molecular flexibility index (Phi) is 7.96. The molecule has 0 heterocycles. The second kappa shape index (κ2) is 8.93. The van der Waals surface area contributed by atoms with Gasteiger partial charge in [0, 0.05) is 18.2 Å². The Balaban J connectivity index is 2.16. The van der Waals surface area contributed by atoms with Crippen molar-refractivity contribution in [3.8, 4) is 0 Å². The van der Waals surface area contributed by atoms with E-state index in [9.17, 15) is 5.11 Å². The molecule has 2 N–H and O–H groups in total. The zero-order valence-electron chi connectivity index (χ0n) is 13.1. The molecule has 19 heavy (non-hydrogen) atoms. The van der Waals surface area contributed by atoms with Crippen LogP contribution in [-0.4, -0.2) is 36.0 Å². The predicted molar refractivity (Wildman–Crippen MR) is 80.4 cm³/mol. The third-order valence-corrected chi connectivity index (χ3v) is 4.06. The summed E-state index contributed by atoms with van der Waals surface area (Å²) in [7, 11) is 0. The second-order valence-corrected chi connectivity index (χ2v) is 6.39. The molecule has 0 aromatic rings. The standard InChI is InChI=1S/C16H33NO2/c1-4-5-6-7-8-11-19-15-9-10-16(12-15,13-18)17-14(2)3/h14-15,17-18H,4-13H2,1-3H3. The lowest BCUT2D eigenvalue weighted by molar-refractivity contribution is 0.0434. The van der Waals surface area contributed by atoms with E-state index < -0.39 is 0 Å². The highest BCUT2D eigenvalue weighted by Gasteiger charge is 2.39. The van der Waals surface area contributed by atoms with Gasteiger partial charge in [-0.3, -0.25) is 0 Å². The van der Waals surface area contributed by atoms with Crippen molar-refractivity contribution in [2.75, 3.05) is 13.2 Å². The van der Waals surface area contributed by atoms with Crippen LogP contribution in [0.5, 0.6) is 0 Å². The summed E-state index contributed by atoms with van der Waals surface area (Å²) in [6, 6.07) is 0.417. The maximum atomic E-state index is 9.63. The molecule has 0 saturated heterocycles. The first-order valence-electron chi connectivity index (χ1n) is 8.12. The molecule has 2 unspecified atom stereocenters. The normalized spacial score (nSPS) is 27.3. The van der Waals surface area contributed by atoms with Crippen molar-refractivity contribution < 1.29 is 9.84 Å². The Bertz CT molecular complexity index is 233. The quantitative estimate of drug-likeness (QED) is 0.599. The molecular formula is C16H33NO2. The molecule has 0 radical (unpaired) electrons. The summed E-state index contributed by atoms with van der Waals surface area (Å²) in [6.45, 7) is 7.63. The van der Waals surface area contributed by atoms with E-state index in [4.69, 9.17) is 4.74 Å². The van der Waals surface area contributed by atoms with Gasteiger partial charge in [-0.25, -0.2) is 0 Å². The maximum Gasteiger partial charge on any atom is 0.0614 e. The molecule has 0 spiro atoms. The fraction of sp³-hybridized carbons (Fsp3) is 1.00. The summed E-state index contributed by atoms with van der Waals surface area (Å²) in [4.78, 5) is 0. The molecule has 3 heteroatoms. The van der Waals surface area contributed by atoms with Gasteiger partial charge in [0.1, 0.15) is 0 Å². The van der Waals surface area contributed by atoms with E-state index >= 15 is 0 Å². The molecule has 0 bridgehead atoms. The van der Waals surface area contributed by atoms with E-state index in [0.29, 0.717) is 12.1 Å². The third-order valence-electron chi connectivity index (χ3n) is 4.06. The van der Waals surface area contributed by atoms with Gasteiger partial charge in [-0.2, -0.15) is 0 Å². The van der Waals surface area contributed by atoms with Crippen LogP contribution >= 0.6 is 0 Å².